The molecule has 0 saturated heterocycles. The van der Waals surface area contributed by atoms with Crippen LogP contribution in [0.25, 0.3) is 11.3 Å². The van der Waals surface area contributed by atoms with Gasteiger partial charge in [0.1, 0.15) is 5.75 Å². The zero-order valence-corrected chi connectivity index (χ0v) is 9.92. The zero-order chi connectivity index (χ0) is 11.7. The Morgan fingerprint density at radius 2 is 1.75 bits per heavy atom. The Balaban J connectivity index is 2.59. The number of pyridine rings is 1. The lowest BCUT2D eigenvalue weighted by atomic mass is 10.1. The molecular weight excluding hydrogens is 222 g/mol. The molecule has 0 atom stereocenters. The Labute approximate surface area is 99.5 Å². The van der Waals surface area contributed by atoms with E-state index in [-0.39, 0.29) is 5.75 Å². The first-order valence-corrected chi connectivity index (χ1v) is 5.39. The molecular formula is C13H12ClNO. The van der Waals surface area contributed by atoms with E-state index in [9.17, 15) is 5.11 Å². The predicted octanol–water partition coefficient (Wildman–Crippen LogP) is 3.72. The standard InChI is InChI=1S/C13H12ClNO/c1-8-7-9(2)15-13(12(8)14)10-3-5-11(16)6-4-10/h3-7,16H,1-2H3. The molecule has 0 unspecified atom stereocenters. The molecule has 2 nitrogen and oxygen atoms in total. The topological polar surface area (TPSA) is 33.1 Å². The number of aromatic nitrogens is 1. The summed E-state index contributed by atoms with van der Waals surface area (Å²) in [6, 6.07) is 8.83. The number of nitrogens with zero attached hydrogens (tertiary/aromatic N) is 1. The van der Waals surface area contributed by atoms with Crippen molar-refractivity contribution in [3.05, 3.63) is 46.6 Å². The van der Waals surface area contributed by atoms with Crippen LogP contribution in [-0.4, -0.2) is 10.1 Å². The fourth-order valence-electron chi connectivity index (χ4n) is 1.63. The van der Waals surface area contributed by atoms with Gasteiger partial charge in [-0.05, 0) is 49.7 Å². The summed E-state index contributed by atoms with van der Waals surface area (Å²) in [6.45, 7) is 3.90. The summed E-state index contributed by atoms with van der Waals surface area (Å²) in [4.78, 5) is 4.42. The van der Waals surface area contributed by atoms with E-state index >= 15 is 0 Å². The van der Waals surface area contributed by atoms with Crippen molar-refractivity contribution < 1.29 is 5.11 Å². The molecule has 0 aliphatic carbocycles. The van der Waals surface area contributed by atoms with Crippen LogP contribution in [0, 0.1) is 13.8 Å². The van der Waals surface area contributed by atoms with Gasteiger partial charge in [0.15, 0.2) is 0 Å². The van der Waals surface area contributed by atoms with Gasteiger partial charge >= 0.3 is 0 Å². The van der Waals surface area contributed by atoms with E-state index in [1.54, 1.807) is 12.1 Å². The van der Waals surface area contributed by atoms with Crippen molar-refractivity contribution in [3.63, 3.8) is 0 Å². The summed E-state index contributed by atoms with van der Waals surface area (Å²) in [5.74, 6) is 0.240. The predicted molar refractivity (Wildman–Crippen MR) is 65.8 cm³/mol. The first-order valence-electron chi connectivity index (χ1n) is 5.01. The molecule has 0 aliphatic rings. The minimum absolute atomic E-state index is 0.240. The number of phenolic OH excluding ortho intramolecular Hbond substituents is 1. The van der Waals surface area contributed by atoms with Crippen LogP contribution in [-0.2, 0) is 0 Å². The molecule has 0 aliphatic heterocycles. The summed E-state index contributed by atoms with van der Waals surface area (Å²) in [6.07, 6.45) is 0. The summed E-state index contributed by atoms with van der Waals surface area (Å²) >= 11 is 6.21. The van der Waals surface area contributed by atoms with E-state index in [2.05, 4.69) is 4.98 Å². The molecule has 0 amide bonds. The quantitative estimate of drug-likeness (QED) is 0.814. The maximum Gasteiger partial charge on any atom is 0.115 e. The van der Waals surface area contributed by atoms with Crippen molar-refractivity contribution >= 4 is 11.6 Å². The van der Waals surface area contributed by atoms with Crippen molar-refractivity contribution in [2.75, 3.05) is 0 Å². The third kappa shape index (κ3) is 2.02. The molecule has 0 radical (unpaired) electrons. The van der Waals surface area contributed by atoms with Crippen LogP contribution >= 0.6 is 11.6 Å². The fraction of sp³-hybridized carbons (Fsp3) is 0.154. The van der Waals surface area contributed by atoms with Gasteiger partial charge in [-0.15, -0.1) is 0 Å². The molecule has 82 valence electrons. The summed E-state index contributed by atoms with van der Waals surface area (Å²) in [5.41, 5.74) is 3.62. The molecule has 1 aromatic heterocycles. The minimum atomic E-state index is 0.240. The maximum atomic E-state index is 9.23. The molecule has 2 rings (SSSR count). The van der Waals surface area contributed by atoms with Crippen LogP contribution in [0.4, 0.5) is 0 Å². The normalized spacial score (nSPS) is 10.4. The van der Waals surface area contributed by atoms with Gasteiger partial charge in [-0.25, -0.2) is 0 Å². The lowest BCUT2D eigenvalue weighted by molar-refractivity contribution is 0.475. The van der Waals surface area contributed by atoms with Gasteiger partial charge in [0.25, 0.3) is 0 Å². The molecule has 0 bridgehead atoms. The molecule has 1 N–H and O–H groups in total. The highest BCUT2D eigenvalue weighted by molar-refractivity contribution is 6.33. The highest BCUT2D eigenvalue weighted by Gasteiger charge is 2.08. The Morgan fingerprint density at radius 3 is 2.38 bits per heavy atom. The first kappa shape index (κ1) is 11.0. The summed E-state index contributed by atoms with van der Waals surface area (Å²) in [7, 11) is 0. The van der Waals surface area contributed by atoms with Gasteiger partial charge in [-0.2, -0.15) is 0 Å². The molecule has 0 fully saturated rings. The van der Waals surface area contributed by atoms with Gasteiger partial charge in [0, 0.05) is 11.3 Å². The number of aromatic hydroxyl groups is 1. The average molecular weight is 234 g/mol. The minimum Gasteiger partial charge on any atom is -0.508 e. The molecule has 16 heavy (non-hydrogen) atoms. The zero-order valence-electron chi connectivity index (χ0n) is 9.16. The van der Waals surface area contributed by atoms with Gasteiger partial charge in [0.05, 0.1) is 10.7 Å². The second-order valence-corrected chi connectivity index (χ2v) is 4.17. The lowest BCUT2D eigenvalue weighted by Gasteiger charge is -2.07. The third-order valence-corrected chi connectivity index (χ3v) is 2.89. The number of halogens is 1. The largest absolute Gasteiger partial charge is 0.508 e. The second-order valence-electron chi connectivity index (χ2n) is 3.79. The summed E-state index contributed by atoms with van der Waals surface area (Å²) in [5, 5.41) is 9.89. The second kappa shape index (κ2) is 4.14. The molecule has 1 aromatic carbocycles. The number of benzene rings is 1. The number of rotatable bonds is 1. The molecule has 2 aromatic rings. The van der Waals surface area contributed by atoms with Gasteiger partial charge < -0.3 is 5.11 Å². The van der Waals surface area contributed by atoms with E-state index in [4.69, 9.17) is 11.6 Å². The maximum absolute atomic E-state index is 9.23. The van der Waals surface area contributed by atoms with Crippen LogP contribution in [0.5, 0.6) is 5.75 Å². The van der Waals surface area contributed by atoms with Crippen LogP contribution in [0.3, 0.4) is 0 Å². The highest BCUT2D eigenvalue weighted by Crippen LogP contribution is 2.29. The number of hydrogen-bond acceptors (Lipinski definition) is 2. The van der Waals surface area contributed by atoms with Gasteiger partial charge in [-0.1, -0.05) is 11.6 Å². The van der Waals surface area contributed by atoms with Crippen LogP contribution in [0.1, 0.15) is 11.3 Å². The smallest absolute Gasteiger partial charge is 0.115 e. The van der Waals surface area contributed by atoms with Crippen molar-refractivity contribution in [3.8, 4) is 17.0 Å². The Kier molecular flexibility index (Phi) is 2.84. The Hall–Kier alpha value is -1.54. The number of hydrogen-bond donors (Lipinski definition) is 1. The highest BCUT2D eigenvalue weighted by atomic mass is 35.5. The van der Waals surface area contributed by atoms with E-state index < -0.39 is 0 Å². The fourth-order valence-corrected chi connectivity index (χ4v) is 1.84. The number of aryl methyl sites for hydroxylation is 2. The molecule has 3 heteroatoms. The van der Waals surface area contributed by atoms with Crippen LogP contribution in [0.2, 0.25) is 5.02 Å². The number of phenols is 1. The third-order valence-electron chi connectivity index (χ3n) is 2.41. The van der Waals surface area contributed by atoms with E-state index in [1.165, 1.54) is 0 Å². The molecule has 0 spiro atoms. The van der Waals surface area contributed by atoms with Crippen molar-refractivity contribution in [2.45, 2.75) is 13.8 Å². The van der Waals surface area contributed by atoms with Crippen molar-refractivity contribution in [1.29, 1.82) is 0 Å². The molecule has 1 heterocycles. The Bertz CT molecular complexity index is 520. The van der Waals surface area contributed by atoms with Crippen molar-refractivity contribution in [2.24, 2.45) is 0 Å². The van der Waals surface area contributed by atoms with Gasteiger partial charge in [0.2, 0.25) is 0 Å². The molecule has 0 saturated carbocycles. The Morgan fingerprint density at radius 1 is 1.12 bits per heavy atom. The van der Waals surface area contributed by atoms with Gasteiger partial charge in [-0.3, -0.25) is 4.98 Å². The monoisotopic (exact) mass is 233 g/mol. The SMILES string of the molecule is Cc1cc(C)c(Cl)c(-c2ccc(O)cc2)n1. The lowest BCUT2D eigenvalue weighted by Crippen LogP contribution is -1.91. The van der Waals surface area contributed by atoms with Crippen LogP contribution in [0.15, 0.2) is 30.3 Å². The van der Waals surface area contributed by atoms with Crippen molar-refractivity contribution in [1.82, 2.24) is 4.98 Å². The summed E-state index contributed by atoms with van der Waals surface area (Å²) < 4.78 is 0. The van der Waals surface area contributed by atoms with Crippen LogP contribution < -0.4 is 0 Å². The van der Waals surface area contributed by atoms with E-state index in [0.29, 0.717) is 5.02 Å². The average Bonchev–Trinajstić information content (AvgIpc) is 2.25. The van der Waals surface area contributed by atoms with E-state index in [0.717, 1.165) is 22.5 Å². The van der Waals surface area contributed by atoms with E-state index in [1.807, 2.05) is 32.0 Å². The first-order chi connectivity index (χ1) is 7.58.